The van der Waals surface area contributed by atoms with Crippen LogP contribution >= 0.6 is 11.3 Å². The zero-order valence-corrected chi connectivity index (χ0v) is 11.8. The number of nitrogens with two attached hydrogens (primary N) is 1. The molecule has 0 saturated carbocycles. The summed E-state index contributed by atoms with van der Waals surface area (Å²) < 4.78 is 0. The van der Waals surface area contributed by atoms with Crippen molar-refractivity contribution >= 4 is 17.2 Å². The average Bonchev–Trinajstić information content (AvgIpc) is 2.59. The van der Waals surface area contributed by atoms with Crippen LogP contribution in [-0.2, 0) is 11.3 Å². The third-order valence-electron chi connectivity index (χ3n) is 2.47. The molecule has 4 nitrogen and oxygen atoms in total. The summed E-state index contributed by atoms with van der Waals surface area (Å²) in [5.74, 6) is 0.120. The first kappa shape index (κ1) is 14.1. The Morgan fingerprint density at radius 2 is 2.24 bits per heavy atom. The molecule has 0 aliphatic rings. The van der Waals surface area contributed by atoms with E-state index in [0.29, 0.717) is 19.4 Å². The number of carbonyl (C=O) groups is 1. The number of hydrogen-bond donors (Lipinski definition) is 1. The van der Waals surface area contributed by atoms with Crippen LogP contribution in [0.4, 0.5) is 0 Å². The Bertz CT molecular complexity index is 381. The van der Waals surface area contributed by atoms with Crippen LogP contribution in [0.1, 0.15) is 37.4 Å². The first-order valence-electron chi connectivity index (χ1n) is 5.72. The standard InChI is InChI=1S/C12H21N3OS/c1-9-14-10(8-17-9)7-15(4)11(16)5-6-12(2,3)13/h8H,5-7,13H2,1-4H3. The first-order valence-corrected chi connectivity index (χ1v) is 6.60. The van der Waals surface area contributed by atoms with Gasteiger partial charge in [0, 0.05) is 24.4 Å². The zero-order valence-electron chi connectivity index (χ0n) is 11.0. The topological polar surface area (TPSA) is 59.2 Å². The molecule has 0 aromatic carbocycles. The van der Waals surface area contributed by atoms with Gasteiger partial charge in [0.15, 0.2) is 0 Å². The van der Waals surface area contributed by atoms with E-state index in [1.54, 1.807) is 23.3 Å². The van der Waals surface area contributed by atoms with Crippen molar-refractivity contribution < 1.29 is 4.79 Å². The largest absolute Gasteiger partial charge is 0.340 e. The summed E-state index contributed by atoms with van der Waals surface area (Å²) in [5.41, 5.74) is 6.53. The molecule has 0 bridgehead atoms. The average molecular weight is 255 g/mol. The van der Waals surface area contributed by atoms with Gasteiger partial charge in [-0.25, -0.2) is 4.98 Å². The van der Waals surface area contributed by atoms with Crippen molar-refractivity contribution in [2.45, 2.75) is 45.7 Å². The maximum atomic E-state index is 11.8. The minimum Gasteiger partial charge on any atom is -0.340 e. The molecule has 2 N–H and O–H groups in total. The quantitative estimate of drug-likeness (QED) is 0.874. The summed E-state index contributed by atoms with van der Waals surface area (Å²) in [6.45, 7) is 6.41. The van der Waals surface area contributed by atoms with Gasteiger partial charge in [0.1, 0.15) is 0 Å². The minimum atomic E-state index is -0.284. The van der Waals surface area contributed by atoms with Crippen molar-refractivity contribution in [2.75, 3.05) is 7.05 Å². The Labute approximate surface area is 107 Å². The van der Waals surface area contributed by atoms with Crippen LogP contribution in [-0.4, -0.2) is 28.4 Å². The van der Waals surface area contributed by atoms with Gasteiger partial charge in [-0.05, 0) is 27.2 Å². The van der Waals surface area contributed by atoms with Gasteiger partial charge in [-0.3, -0.25) is 4.79 Å². The fraction of sp³-hybridized carbons (Fsp3) is 0.667. The highest BCUT2D eigenvalue weighted by atomic mass is 32.1. The van der Waals surface area contributed by atoms with Crippen LogP contribution in [0.2, 0.25) is 0 Å². The maximum absolute atomic E-state index is 11.8. The van der Waals surface area contributed by atoms with E-state index in [1.165, 1.54) is 0 Å². The lowest BCUT2D eigenvalue weighted by molar-refractivity contribution is -0.130. The molecule has 0 fully saturated rings. The summed E-state index contributed by atoms with van der Waals surface area (Å²) in [6.07, 6.45) is 1.19. The van der Waals surface area contributed by atoms with Crippen molar-refractivity contribution in [1.29, 1.82) is 0 Å². The Morgan fingerprint density at radius 1 is 1.59 bits per heavy atom. The number of hydrogen-bond acceptors (Lipinski definition) is 4. The van der Waals surface area contributed by atoms with Gasteiger partial charge in [0.25, 0.3) is 0 Å². The van der Waals surface area contributed by atoms with E-state index in [1.807, 2.05) is 26.2 Å². The van der Waals surface area contributed by atoms with Crippen molar-refractivity contribution in [3.8, 4) is 0 Å². The molecule has 1 rings (SSSR count). The van der Waals surface area contributed by atoms with E-state index in [0.717, 1.165) is 10.7 Å². The molecule has 0 atom stereocenters. The van der Waals surface area contributed by atoms with Gasteiger partial charge in [-0.2, -0.15) is 0 Å². The van der Waals surface area contributed by atoms with E-state index >= 15 is 0 Å². The van der Waals surface area contributed by atoms with Gasteiger partial charge in [0.05, 0.1) is 17.2 Å². The first-order chi connectivity index (χ1) is 7.78. The van der Waals surface area contributed by atoms with Crippen LogP contribution in [0.25, 0.3) is 0 Å². The van der Waals surface area contributed by atoms with E-state index in [4.69, 9.17) is 5.73 Å². The van der Waals surface area contributed by atoms with E-state index in [2.05, 4.69) is 4.98 Å². The summed E-state index contributed by atoms with van der Waals surface area (Å²) >= 11 is 1.61. The molecule has 0 saturated heterocycles. The number of carbonyl (C=O) groups excluding carboxylic acids is 1. The number of rotatable bonds is 5. The summed E-state index contributed by atoms with van der Waals surface area (Å²) in [5, 5.41) is 3.02. The number of aryl methyl sites for hydroxylation is 1. The molecule has 5 heteroatoms. The minimum absolute atomic E-state index is 0.120. The highest BCUT2D eigenvalue weighted by Crippen LogP contribution is 2.12. The zero-order chi connectivity index (χ0) is 13.1. The van der Waals surface area contributed by atoms with Crippen LogP contribution in [0.3, 0.4) is 0 Å². The van der Waals surface area contributed by atoms with Gasteiger partial charge >= 0.3 is 0 Å². The molecule has 0 spiro atoms. The molecular formula is C12H21N3OS. The predicted molar refractivity (Wildman–Crippen MR) is 70.8 cm³/mol. The molecule has 0 aliphatic heterocycles. The van der Waals surface area contributed by atoms with Crippen LogP contribution < -0.4 is 5.73 Å². The Balaban J connectivity index is 2.42. The van der Waals surface area contributed by atoms with Crippen LogP contribution in [0.5, 0.6) is 0 Å². The highest BCUT2D eigenvalue weighted by molar-refractivity contribution is 7.09. The number of amides is 1. The number of aromatic nitrogens is 1. The fourth-order valence-electron chi connectivity index (χ4n) is 1.43. The lowest BCUT2D eigenvalue weighted by atomic mass is 10.00. The molecule has 0 unspecified atom stereocenters. The van der Waals surface area contributed by atoms with Gasteiger partial charge in [0.2, 0.25) is 5.91 Å². The van der Waals surface area contributed by atoms with Crippen molar-refractivity contribution in [3.63, 3.8) is 0 Å². The van der Waals surface area contributed by atoms with Crippen molar-refractivity contribution in [2.24, 2.45) is 5.73 Å². The second-order valence-corrected chi connectivity index (χ2v) is 6.16. The SMILES string of the molecule is Cc1nc(CN(C)C(=O)CCC(C)(C)N)cs1. The fourth-order valence-corrected chi connectivity index (χ4v) is 2.04. The van der Waals surface area contributed by atoms with Crippen LogP contribution in [0.15, 0.2) is 5.38 Å². The smallest absolute Gasteiger partial charge is 0.222 e. The lowest BCUT2D eigenvalue weighted by Gasteiger charge is -2.21. The van der Waals surface area contributed by atoms with Gasteiger partial charge < -0.3 is 10.6 Å². The third-order valence-corrected chi connectivity index (χ3v) is 3.30. The molecule has 0 aliphatic carbocycles. The summed E-state index contributed by atoms with van der Waals surface area (Å²) in [7, 11) is 1.81. The van der Waals surface area contributed by atoms with E-state index in [9.17, 15) is 4.79 Å². The lowest BCUT2D eigenvalue weighted by Crippen LogP contribution is -2.34. The number of nitrogens with zero attached hydrogens (tertiary/aromatic N) is 2. The molecule has 0 radical (unpaired) electrons. The van der Waals surface area contributed by atoms with Crippen LogP contribution in [0, 0.1) is 6.92 Å². The van der Waals surface area contributed by atoms with E-state index in [-0.39, 0.29) is 11.4 Å². The van der Waals surface area contributed by atoms with Crippen molar-refractivity contribution in [1.82, 2.24) is 9.88 Å². The molecular weight excluding hydrogens is 234 g/mol. The normalized spacial score (nSPS) is 11.6. The maximum Gasteiger partial charge on any atom is 0.222 e. The van der Waals surface area contributed by atoms with Crippen molar-refractivity contribution in [3.05, 3.63) is 16.1 Å². The summed E-state index contributed by atoms with van der Waals surface area (Å²) in [6, 6.07) is 0. The van der Waals surface area contributed by atoms with Gasteiger partial charge in [-0.1, -0.05) is 0 Å². The summed E-state index contributed by atoms with van der Waals surface area (Å²) in [4.78, 5) is 17.9. The third kappa shape index (κ3) is 5.28. The molecule has 1 aromatic heterocycles. The molecule has 1 aromatic rings. The second kappa shape index (κ2) is 5.60. The Hall–Kier alpha value is -0.940. The van der Waals surface area contributed by atoms with Gasteiger partial charge in [-0.15, -0.1) is 11.3 Å². The van der Waals surface area contributed by atoms with E-state index < -0.39 is 0 Å². The second-order valence-electron chi connectivity index (χ2n) is 5.10. The predicted octanol–water partition coefficient (Wildman–Crippen LogP) is 1.93. The number of thiazole rings is 1. The Morgan fingerprint density at radius 3 is 2.71 bits per heavy atom. The molecule has 1 heterocycles. The highest BCUT2D eigenvalue weighted by Gasteiger charge is 2.16. The molecule has 1 amide bonds. The Kier molecular flexibility index (Phi) is 4.65. The molecule has 17 heavy (non-hydrogen) atoms. The molecule has 96 valence electrons. The monoisotopic (exact) mass is 255 g/mol.